The predicted molar refractivity (Wildman–Crippen MR) is 110 cm³/mol. The lowest BCUT2D eigenvalue weighted by atomic mass is 10.0. The van der Waals surface area contributed by atoms with Gasteiger partial charge in [0.25, 0.3) is 0 Å². The fourth-order valence-corrected chi connectivity index (χ4v) is 4.53. The third-order valence-electron chi connectivity index (χ3n) is 6.11. The van der Waals surface area contributed by atoms with Crippen molar-refractivity contribution in [3.05, 3.63) is 0 Å². The number of piperidine rings is 1. The molecule has 3 heterocycles. The first kappa shape index (κ1) is 20.9. The highest BCUT2D eigenvalue weighted by Crippen LogP contribution is 2.21. The maximum atomic E-state index is 6.02. The molecule has 0 spiro atoms. The summed E-state index contributed by atoms with van der Waals surface area (Å²) in [5.41, 5.74) is 0. The quantitative estimate of drug-likeness (QED) is 0.543. The summed E-state index contributed by atoms with van der Waals surface area (Å²) < 4.78 is 11.9. The summed E-state index contributed by atoms with van der Waals surface area (Å²) in [6.07, 6.45) is 9.27. The van der Waals surface area contributed by atoms with E-state index in [4.69, 9.17) is 14.5 Å². The van der Waals surface area contributed by atoms with Gasteiger partial charge in [-0.2, -0.15) is 0 Å². The maximum absolute atomic E-state index is 6.02. The van der Waals surface area contributed by atoms with E-state index in [0.717, 1.165) is 58.2 Å². The van der Waals surface area contributed by atoms with E-state index in [1.165, 1.54) is 45.2 Å². The van der Waals surface area contributed by atoms with Gasteiger partial charge in [0, 0.05) is 32.3 Å². The number of likely N-dealkylation sites (tertiary alicyclic amines) is 1. The highest BCUT2D eigenvalue weighted by atomic mass is 16.5. The van der Waals surface area contributed by atoms with Gasteiger partial charge in [-0.25, -0.2) is 0 Å². The van der Waals surface area contributed by atoms with Gasteiger partial charge in [0.1, 0.15) is 6.10 Å². The Balaban J connectivity index is 1.59. The molecule has 0 aromatic carbocycles. The molecule has 3 fully saturated rings. The molecule has 0 saturated carbocycles. The predicted octanol–water partition coefficient (Wildman–Crippen LogP) is 2.49. The van der Waals surface area contributed by atoms with Crippen molar-refractivity contribution in [2.75, 3.05) is 52.5 Å². The molecule has 0 aromatic heterocycles. The number of nitrogens with one attached hydrogen (secondary N) is 1. The van der Waals surface area contributed by atoms with Crippen LogP contribution < -0.4 is 5.32 Å². The summed E-state index contributed by atoms with van der Waals surface area (Å²) >= 11 is 0. The van der Waals surface area contributed by atoms with E-state index >= 15 is 0 Å². The van der Waals surface area contributed by atoms with Crippen molar-refractivity contribution in [3.63, 3.8) is 0 Å². The lowest BCUT2D eigenvalue weighted by molar-refractivity contribution is -0.0817. The molecule has 1 N–H and O–H groups in total. The SMILES string of the molecule is CCCCN1CCCCC1CN=C(NCC)N1CCOC(C2CCCO2)C1. The largest absolute Gasteiger partial charge is 0.375 e. The van der Waals surface area contributed by atoms with Gasteiger partial charge < -0.3 is 19.7 Å². The highest BCUT2D eigenvalue weighted by molar-refractivity contribution is 5.80. The van der Waals surface area contributed by atoms with E-state index in [2.05, 4.69) is 29.0 Å². The van der Waals surface area contributed by atoms with Gasteiger partial charge in [-0.1, -0.05) is 19.8 Å². The van der Waals surface area contributed by atoms with E-state index in [0.29, 0.717) is 6.04 Å². The van der Waals surface area contributed by atoms with Gasteiger partial charge in [0.2, 0.25) is 0 Å². The van der Waals surface area contributed by atoms with Crippen LogP contribution >= 0.6 is 0 Å². The van der Waals surface area contributed by atoms with Gasteiger partial charge in [-0.05, 0) is 52.1 Å². The number of morpholine rings is 1. The van der Waals surface area contributed by atoms with Gasteiger partial charge >= 0.3 is 0 Å². The van der Waals surface area contributed by atoms with Gasteiger partial charge in [-0.3, -0.25) is 9.89 Å². The summed E-state index contributed by atoms with van der Waals surface area (Å²) in [5.74, 6) is 1.06. The summed E-state index contributed by atoms with van der Waals surface area (Å²) in [6, 6.07) is 0.606. The molecule has 3 aliphatic heterocycles. The Labute approximate surface area is 165 Å². The van der Waals surface area contributed by atoms with Crippen LogP contribution in [0.3, 0.4) is 0 Å². The molecule has 3 rings (SSSR count). The average molecular weight is 381 g/mol. The molecule has 0 radical (unpaired) electrons. The maximum Gasteiger partial charge on any atom is 0.194 e. The Kier molecular flexibility index (Phi) is 8.68. The number of guanidine groups is 1. The Bertz CT molecular complexity index is 453. The first-order valence-electron chi connectivity index (χ1n) is 11.3. The van der Waals surface area contributed by atoms with Crippen LogP contribution in [0, 0.1) is 0 Å². The van der Waals surface area contributed by atoms with E-state index in [1.807, 2.05) is 0 Å². The second kappa shape index (κ2) is 11.2. The second-order valence-electron chi connectivity index (χ2n) is 8.14. The van der Waals surface area contributed by atoms with E-state index in [-0.39, 0.29) is 12.2 Å². The number of aliphatic imine (C=N–C) groups is 1. The minimum atomic E-state index is 0.181. The summed E-state index contributed by atoms with van der Waals surface area (Å²) in [6.45, 7) is 12.2. The molecular weight excluding hydrogens is 340 g/mol. The Hall–Kier alpha value is -0.850. The number of rotatable bonds is 7. The Morgan fingerprint density at radius 2 is 1.93 bits per heavy atom. The van der Waals surface area contributed by atoms with E-state index in [9.17, 15) is 0 Å². The zero-order valence-electron chi connectivity index (χ0n) is 17.5. The number of ether oxygens (including phenoxy) is 2. The number of unbranched alkanes of at least 4 members (excludes halogenated alkanes) is 1. The molecule has 3 aliphatic rings. The molecule has 156 valence electrons. The Morgan fingerprint density at radius 3 is 2.70 bits per heavy atom. The van der Waals surface area contributed by atoms with Gasteiger partial charge in [0.05, 0.1) is 19.3 Å². The Morgan fingerprint density at radius 1 is 1.04 bits per heavy atom. The summed E-state index contributed by atoms with van der Waals surface area (Å²) in [4.78, 5) is 10.1. The van der Waals surface area contributed by atoms with Crippen molar-refractivity contribution < 1.29 is 9.47 Å². The second-order valence-corrected chi connectivity index (χ2v) is 8.14. The van der Waals surface area contributed by atoms with Crippen LogP contribution in [-0.4, -0.2) is 86.5 Å². The molecule has 3 unspecified atom stereocenters. The summed E-state index contributed by atoms with van der Waals surface area (Å²) in [5, 5.41) is 3.52. The van der Waals surface area contributed by atoms with Crippen molar-refractivity contribution in [2.45, 2.75) is 77.0 Å². The van der Waals surface area contributed by atoms with Crippen LogP contribution in [0.5, 0.6) is 0 Å². The van der Waals surface area contributed by atoms with E-state index < -0.39 is 0 Å². The van der Waals surface area contributed by atoms with Crippen molar-refractivity contribution in [3.8, 4) is 0 Å². The summed E-state index contributed by atoms with van der Waals surface area (Å²) in [7, 11) is 0. The topological polar surface area (TPSA) is 49.3 Å². The van der Waals surface area contributed by atoms with Crippen molar-refractivity contribution in [2.24, 2.45) is 4.99 Å². The molecule has 6 heteroatoms. The number of nitrogens with zero attached hydrogens (tertiary/aromatic N) is 3. The van der Waals surface area contributed by atoms with Crippen LogP contribution in [0.15, 0.2) is 4.99 Å². The average Bonchev–Trinajstić information content (AvgIpc) is 3.25. The molecule has 3 saturated heterocycles. The molecule has 0 aliphatic carbocycles. The monoisotopic (exact) mass is 380 g/mol. The van der Waals surface area contributed by atoms with Crippen LogP contribution in [0.4, 0.5) is 0 Å². The van der Waals surface area contributed by atoms with Gasteiger partial charge in [-0.15, -0.1) is 0 Å². The van der Waals surface area contributed by atoms with Crippen LogP contribution in [-0.2, 0) is 9.47 Å². The lowest BCUT2D eigenvalue weighted by Crippen LogP contribution is -2.53. The molecule has 0 aromatic rings. The first-order valence-corrected chi connectivity index (χ1v) is 11.3. The number of hydrogen-bond acceptors (Lipinski definition) is 4. The minimum Gasteiger partial charge on any atom is -0.375 e. The standard InChI is InChI=1S/C21H40N4O2/c1-3-5-11-24-12-7-6-9-18(24)16-23-21(22-4-2)25-13-15-27-20(17-25)19-10-8-14-26-19/h18-20H,3-17H2,1-2H3,(H,22,23). The van der Waals surface area contributed by atoms with Crippen LogP contribution in [0.2, 0.25) is 0 Å². The third-order valence-corrected chi connectivity index (χ3v) is 6.11. The highest BCUT2D eigenvalue weighted by Gasteiger charge is 2.32. The molecule has 27 heavy (non-hydrogen) atoms. The normalized spacial score (nSPS) is 30.7. The fourth-order valence-electron chi connectivity index (χ4n) is 4.53. The lowest BCUT2D eigenvalue weighted by Gasteiger charge is -2.38. The first-order chi connectivity index (χ1) is 13.3. The van der Waals surface area contributed by atoms with Crippen molar-refractivity contribution in [1.82, 2.24) is 15.1 Å². The van der Waals surface area contributed by atoms with Crippen LogP contribution in [0.25, 0.3) is 0 Å². The molecule has 6 nitrogen and oxygen atoms in total. The molecule has 0 amide bonds. The van der Waals surface area contributed by atoms with Gasteiger partial charge in [0.15, 0.2) is 5.96 Å². The van der Waals surface area contributed by atoms with Crippen molar-refractivity contribution in [1.29, 1.82) is 0 Å². The zero-order chi connectivity index (χ0) is 18.9. The smallest absolute Gasteiger partial charge is 0.194 e. The van der Waals surface area contributed by atoms with Crippen molar-refractivity contribution >= 4 is 5.96 Å². The molecular formula is C21H40N4O2. The van der Waals surface area contributed by atoms with Crippen LogP contribution in [0.1, 0.15) is 58.8 Å². The third kappa shape index (κ3) is 6.06. The molecule has 3 atom stereocenters. The number of hydrogen-bond donors (Lipinski definition) is 1. The molecule has 0 bridgehead atoms. The fraction of sp³-hybridized carbons (Fsp3) is 0.952. The minimum absolute atomic E-state index is 0.181. The zero-order valence-corrected chi connectivity index (χ0v) is 17.5. The van der Waals surface area contributed by atoms with E-state index in [1.54, 1.807) is 0 Å².